The fourth-order valence-electron chi connectivity index (χ4n) is 3.01. The number of carboxylic acids is 1. The third kappa shape index (κ3) is 3.06. The Balaban J connectivity index is 2.01. The number of hydrogen-bond donors (Lipinski definition) is 3. The normalized spacial score (nSPS) is 10.6. The van der Waals surface area contributed by atoms with Crippen LogP contribution >= 0.6 is 0 Å². The number of carbonyl (C=O) groups is 2. The Morgan fingerprint density at radius 3 is 2.50 bits per heavy atom. The molecule has 0 aliphatic carbocycles. The number of carbonyl (C=O) groups excluding carboxylic acids is 1. The number of aromatic carboxylic acids is 1. The van der Waals surface area contributed by atoms with Gasteiger partial charge in [-0.2, -0.15) is 5.26 Å². The van der Waals surface area contributed by atoms with Crippen LogP contribution in [0.25, 0.3) is 28.2 Å². The standard InChI is InChI=1S/C20H12N6O4/c21-9-10-4-6-13(7-5-10)26-18-15(24-20(26)30)14(16(22)27)23-17(25-18)11-2-1-3-12(8-11)19(28)29/h1-8H,(H2,22,27)(H,24,30)(H,28,29). The van der Waals surface area contributed by atoms with Crippen molar-refractivity contribution in [2.75, 3.05) is 0 Å². The smallest absolute Gasteiger partial charge is 0.335 e. The Kier molecular flexibility index (Phi) is 4.33. The molecule has 4 aromatic rings. The van der Waals surface area contributed by atoms with Crippen LogP contribution in [0.5, 0.6) is 0 Å². The number of carboxylic acid groups (broad SMARTS) is 1. The third-order valence-electron chi connectivity index (χ3n) is 4.39. The second-order valence-corrected chi connectivity index (χ2v) is 6.27. The highest BCUT2D eigenvalue weighted by atomic mass is 16.4. The number of benzene rings is 2. The zero-order chi connectivity index (χ0) is 21.4. The minimum atomic E-state index is -1.14. The largest absolute Gasteiger partial charge is 0.478 e. The van der Waals surface area contributed by atoms with E-state index >= 15 is 0 Å². The number of aromatic nitrogens is 4. The first-order chi connectivity index (χ1) is 14.4. The molecule has 4 N–H and O–H groups in total. The van der Waals surface area contributed by atoms with Crippen molar-refractivity contribution in [2.45, 2.75) is 0 Å². The van der Waals surface area contributed by atoms with Gasteiger partial charge in [-0.05, 0) is 36.4 Å². The van der Waals surface area contributed by atoms with Gasteiger partial charge in [0.1, 0.15) is 5.52 Å². The molecule has 2 aromatic heterocycles. The molecule has 146 valence electrons. The summed E-state index contributed by atoms with van der Waals surface area (Å²) in [5, 5.41) is 18.2. The topological polar surface area (TPSA) is 168 Å². The number of aromatic amines is 1. The number of amides is 1. The summed E-state index contributed by atoms with van der Waals surface area (Å²) in [5.41, 5.74) is 5.96. The first-order valence-electron chi connectivity index (χ1n) is 8.56. The summed E-state index contributed by atoms with van der Waals surface area (Å²) in [6.45, 7) is 0. The lowest BCUT2D eigenvalue weighted by Gasteiger charge is -2.07. The molecule has 0 atom stereocenters. The summed E-state index contributed by atoms with van der Waals surface area (Å²) < 4.78 is 1.22. The van der Waals surface area contributed by atoms with E-state index in [1.807, 2.05) is 6.07 Å². The molecule has 0 aliphatic heterocycles. The van der Waals surface area contributed by atoms with E-state index in [1.54, 1.807) is 18.2 Å². The maximum Gasteiger partial charge on any atom is 0.335 e. The molecule has 10 heteroatoms. The number of H-pyrrole nitrogens is 1. The minimum absolute atomic E-state index is 0.00960. The Morgan fingerprint density at radius 2 is 1.87 bits per heavy atom. The van der Waals surface area contributed by atoms with Gasteiger partial charge in [0.15, 0.2) is 17.2 Å². The van der Waals surface area contributed by atoms with E-state index in [-0.39, 0.29) is 28.2 Å². The van der Waals surface area contributed by atoms with Crippen LogP contribution in [0, 0.1) is 11.3 Å². The molecular weight excluding hydrogens is 388 g/mol. The molecule has 0 saturated heterocycles. The van der Waals surface area contributed by atoms with Gasteiger partial charge < -0.3 is 15.8 Å². The molecule has 0 fully saturated rings. The van der Waals surface area contributed by atoms with Crippen molar-refractivity contribution in [3.05, 3.63) is 75.8 Å². The van der Waals surface area contributed by atoms with Crippen molar-refractivity contribution >= 4 is 23.0 Å². The van der Waals surface area contributed by atoms with Crippen LogP contribution in [-0.4, -0.2) is 36.5 Å². The van der Waals surface area contributed by atoms with Gasteiger partial charge in [0.25, 0.3) is 5.91 Å². The van der Waals surface area contributed by atoms with Gasteiger partial charge in [0.05, 0.1) is 22.9 Å². The number of nitrogens with one attached hydrogen (secondary N) is 1. The van der Waals surface area contributed by atoms with Gasteiger partial charge in [-0.3, -0.25) is 4.79 Å². The molecule has 2 heterocycles. The van der Waals surface area contributed by atoms with Gasteiger partial charge in [-0.25, -0.2) is 24.1 Å². The molecule has 0 unspecified atom stereocenters. The van der Waals surface area contributed by atoms with Crippen LogP contribution in [-0.2, 0) is 0 Å². The molecule has 2 aromatic carbocycles. The van der Waals surface area contributed by atoms with E-state index in [1.165, 1.54) is 34.9 Å². The Morgan fingerprint density at radius 1 is 1.13 bits per heavy atom. The number of fused-ring (bicyclic) bond motifs is 1. The Labute approximate surface area is 167 Å². The van der Waals surface area contributed by atoms with E-state index < -0.39 is 17.6 Å². The van der Waals surface area contributed by atoms with Crippen LogP contribution in [0.4, 0.5) is 0 Å². The SMILES string of the molecule is N#Cc1ccc(-n2c(=O)[nH]c3c(C(N)=O)nc(-c4cccc(C(=O)O)c4)nc32)cc1. The number of hydrogen-bond acceptors (Lipinski definition) is 6. The van der Waals surface area contributed by atoms with Gasteiger partial charge in [0.2, 0.25) is 0 Å². The van der Waals surface area contributed by atoms with E-state index in [9.17, 15) is 19.5 Å². The highest BCUT2D eigenvalue weighted by molar-refractivity contribution is 6.02. The highest BCUT2D eigenvalue weighted by Crippen LogP contribution is 2.23. The van der Waals surface area contributed by atoms with Crippen molar-refractivity contribution in [2.24, 2.45) is 5.73 Å². The summed E-state index contributed by atoms with van der Waals surface area (Å²) >= 11 is 0. The summed E-state index contributed by atoms with van der Waals surface area (Å²) in [7, 11) is 0. The van der Waals surface area contributed by atoms with Gasteiger partial charge in [-0.1, -0.05) is 12.1 Å². The Bertz CT molecular complexity index is 1430. The average molecular weight is 400 g/mol. The second kappa shape index (κ2) is 6.99. The summed E-state index contributed by atoms with van der Waals surface area (Å²) in [6, 6.07) is 14.0. The molecule has 0 saturated carbocycles. The van der Waals surface area contributed by atoms with E-state index in [2.05, 4.69) is 15.0 Å². The van der Waals surface area contributed by atoms with E-state index in [0.29, 0.717) is 16.8 Å². The third-order valence-corrected chi connectivity index (χ3v) is 4.39. The molecule has 0 aliphatic rings. The maximum atomic E-state index is 12.6. The Hall–Kier alpha value is -4.78. The maximum absolute atomic E-state index is 12.6. The molecule has 0 radical (unpaired) electrons. The van der Waals surface area contributed by atoms with Gasteiger partial charge in [0, 0.05) is 5.56 Å². The quantitative estimate of drug-likeness (QED) is 0.466. The van der Waals surface area contributed by atoms with Crippen molar-refractivity contribution in [3.63, 3.8) is 0 Å². The number of nitrogens with two attached hydrogens (primary N) is 1. The molecule has 10 nitrogen and oxygen atoms in total. The molecule has 4 rings (SSSR count). The lowest BCUT2D eigenvalue weighted by atomic mass is 10.1. The van der Waals surface area contributed by atoms with Crippen LogP contribution in [0.1, 0.15) is 26.4 Å². The lowest BCUT2D eigenvalue weighted by Crippen LogP contribution is -2.15. The first-order valence-corrected chi connectivity index (χ1v) is 8.56. The predicted octanol–water partition coefficient (Wildman–Crippen LogP) is 1.44. The fraction of sp³-hybridized carbons (Fsp3) is 0. The summed E-state index contributed by atoms with van der Waals surface area (Å²) in [4.78, 5) is 46.9. The van der Waals surface area contributed by atoms with E-state index in [0.717, 1.165) is 0 Å². The average Bonchev–Trinajstić information content (AvgIpc) is 3.08. The molecule has 0 bridgehead atoms. The zero-order valence-electron chi connectivity index (χ0n) is 15.2. The van der Waals surface area contributed by atoms with Crippen LogP contribution in [0.2, 0.25) is 0 Å². The molecule has 30 heavy (non-hydrogen) atoms. The first kappa shape index (κ1) is 18.6. The van der Waals surface area contributed by atoms with Crippen molar-refractivity contribution in [1.82, 2.24) is 19.5 Å². The number of nitrogens with zero attached hydrogens (tertiary/aromatic N) is 4. The number of nitriles is 1. The van der Waals surface area contributed by atoms with Crippen LogP contribution < -0.4 is 11.4 Å². The minimum Gasteiger partial charge on any atom is -0.478 e. The summed E-state index contributed by atoms with van der Waals surface area (Å²) in [5.74, 6) is -1.99. The monoisotopic (exact) mass is 400 g/mol. The molecule has 1 amide bonds. The van der Waals surface area contributed by atoms with Gasteiger partial charge >= 0.3 is 11.7 Å². The fourth-order valence-corrected chi connectivity index (χ4v) is 3.01. The lowest BCUT2D eigenvalue weighted by molar-refractivity contribution is 0.0696. The van der Waals surface area contributed by atoms with Crippen molar-refractivity contribution in [3.8, 4) is 23.1 Å². The number of primary amides is 1. The van der Waals surface area contributed by atoms with Gasteiger partial charge in [-0.15, -0.1) is 0 Å². The van der Waals surface area contributed by atoms with Crippen molar-refractivity contribution in [1.29, 1.82) is 5.26 Å². The summed E-state index contributed by atoms with van der Waals surface area (Å²) in [6.07, 6.45) is 0. The second-order valence-electron chi connectivity index (χ2n) is 6.27. The van der Waals surface area contributed by atoms with Crippen molar-refractivity contribution < 1.29 is 14.7 Å². The molecule has 0 spiro atoms. The molecular formula is C20H12N6O4. The number of rotatable bonds is 4. The van der Waals surface area contributed by atoms with E-state index in [4.69, 9.17) is 11.0 Å². The van der Waals surface area contributed by atoms with Crippen LogP contribution in [0.15, 0.2) is 53.3 Å². The number of imidazole rings is 1. The zero-order valence-corrected chi connectivity index (χ0v) is 15.2. The predicted molar refractivity (Wildman–Crippen MR) is 105 cm³/mol. The van der Waals surface area contributed by atoms with Crippen LogP contribution in [0.3, 0.4) is 0 Å². The highest BCUT2D eigenvalue weighted by Gasteiger charge is 2.20.